The summed E-state index contributed by atoms with van der Waals surface area (Å²) in [5, 5.41) is 8.23. The molecule has 2 atom stereocenters. The van der Waals surface area contributed by atoms with Crippen LogP contribution < -0.4 is 5.73 Å². The first-order valence-electron chi connectivity index (χ1n) is 6.51. The van der Waals surface area contributed by atoms with Crippen LogP contribution in [0.4, 0.5) is 4.39 Å². The lowest BCUT2D eigenvalue weighted by Crippen LogP contribution is -2.26. The Labute approximate surface area is 110 Å². The van der Waals surface area contributed by atoms with Crippen molar-refractivity contribution in [2.45, 2.75) is 37.6 Å². The molecule has 1 aliphatic rings. The molecule has 0 aliphatic heterocycles. The number of pyridine rings is 1. The van der Waals surface area contributed by atoms with Gasteiger partial charge in [0, 0.05) is 18.0 Å². The van der Waals surface area contributed by atoms with Gasteiger partial charge in [-0.1, -0.05) is 11.6 Å². The maximum Gasteiger partial charge on any atom is 0.143 e. The lowest BCUT2D eigenvalue weighted by molar-refractivity contribution is 0.388. The number of rotatable bonds is 2. The van der Waals surface area contributed by atoms with Gasteiger partial charge < -0.3 is 5.73 Å². The lowest BCUT2D eigenvalue weighted by Gasteiger charge is -2.24. The van der Waals surface area contributed by atoms with E-state index in [1.54, 1.807) is 10.9 Å². The molecule has 0 radical (unpaired) electrons. The maximum atomic E-state index is 13.1. The molecule has 0 aromatic carbocycles. The number of aromatic nitrogens is 4. The molecule has 2 aromatic heterocycles. The van der Waals surface area contributed by atoms with Gasteiger partial charge in [0.1, 0.15) is 5.82 Å². The topological polar surface area (TPSA) is 69.6 Å². The molecule has 1 aliphatic carbocycles. The normalized spacial score (nSPS) is 23.5. The zero-order chi connectivity index (χ0) is 13.2. The van der Waals surface area contributed by atoms with Gasteiger partial charge in [-0.25, -0.2) is 9.07 Å². The van der Waals surface area contributed by atoms with Gasteiger partial charge in [-0.2, -0.15) is 0 Å². The van der Waals surface area contributed by atoms with Gasteiger partial charge in [-0.15, -0.1) is 5.10 Å². The van der Waals surface area contributed by atoms with E-state index in [4.69, 9.17) is 5.73 Å². The Morgan fingerprint density at radius 3 is 3.00 bits per heavy atom. The number of halogens is 1. The van der Waals surface area contributed by atoms with Crippen molar-refractivity contribution in [3.05, 3.63) is 36.2 Å². The molecule has 5 nitrogen and oxygen atoms in total. The molecular formula is C13H16FN5. The van der Waals surface area contributed by atoms with E-state index < -0.39 is 0 Å². The number of hydrogen-bond acceptors (Lipinski definition) is 4. The van der Waals surface area contributed by atoms with Crippen LogP contribution >= 0.6 is 0 Å². The summed E-state index contributed by atoms with van der Waals surface area (Å²) in [6.45, 7) is 0. The highest BCUT2D eigenvalue weighted by Gasteiger charge is 2.23. The van der Waals surface area contributed by atoms with Gasteiger partial charge in [0.15, 0.2) is 0 Å². The van der Waals surface area contributed by atoms with Gasteiger partial charge in [-0.05, 0) is 19.3 Å². The third-order valence-electron chi connectivity index (χ3n) is 3.60. The smallest absolute Gasteiger partial charge is 0.143 e. The summed E-state index contributed by atoms with van der Waals surface area (Å²) in [6.07, 6.45) is 8.82. The van der Waals surface area contributed by atoms with Crippen molar-refractivity contribution >= 4 is 0 Å². The quantitative estimate of drug-likeness (QED) is 0.894. The molecule has 19 heavy (non-hydrogen) atoms. The van der Waals surface area contributed by atoms with Crippen LogP contribution in [-0.2, 0) is 0 Å². The zero-order valence-electron chi connectivity index (χ0n) is 10.5. The van der Waals surface area contributed by atoms with Crippen LogP contribution in [0.1, 0.15) is 37.3 Å². The van der Waals surface area contributed by atoms with E-state index in [9.17, 15) is 4.39 Å². The second-order valence-electron chi connectivity index (χ2n) is 5.07. The minimum absolute atomic E-state index is 0.250. The third kappa shape index (κ3) is 2.63. The van der Waals surface area contributed by atoms with Crippen molar-refractivity contribution in [2.24, 2.45) is 5.73 Å². The van der Waals surface area contributed by atoms with Crippen LogP contribution in [0.2, 0.25) is 0 Å². The minimum atomic E-state index is -0.380. The number of nitrogens with zero attached hydrogens (tertiary/aromatic N) is 4. The second-order valence-corrected chi connectivity index (χ2v) is 5.07. The van der Waals surface area contributed by atoms with Gasteiger partial charge in [-0.3, -0.25) is 4.98 Å². The molecule has 0 unspecified atom stereocenters. The fourth-order valence-corrected chi connectivity index (χ4v) is 2.61. The molecule has 0 saturated heterocycles. The van der Waals surface area contributed by atoms with Crippen LogP contribution in [0.25, 0.3) is 5.69 Å². The van der Waals surface area contributed by atoms with Crippen molar-refractivity contribution in [1.29, 1.82) is 0 Å². The fraction of sp³-hybridized carbons (Fsp3) is 0.462. The molecule has 1 fully saturated rings. The number of nitrogens with two attached hydrogens (primary N) is 1. The Bertz CT molecular complexity index is 568. The Hall–Kier alpha value is -1.82. The van der Waals surface area contributed by atoms with Crippen LogP contribution in [0, 0.1) is 5.82 Å². The molecule has 0 spiro atoms. The first-order valence-corrected chi connectivity index (χ1v) is 6.51. The first kappa shape index (κ1) is 12.2. The molecule has 6 heteroatoms. The summed E-state index contributed by atoms with van der Waals surface area (Å²) < 4.78 is 14.7. The largest absolute Gasteiger partial charge is 0.328 e. The standard InChI is InChI=1S/C13H16FN5/c14-10-5-12(7-16-6-10)19-8-13(17-18-19)9-2-1-3-11(15)4-9/h5-9,11H,1-4,15H2/t9-,11+/m0/s1. The summed E-state index contributed by atoms with van der Waals surface area (Å²) in [4.78, 5) is 3.81. The molecule has 100 valence electrons. The molecule has 1 saturated carbocycles. The molecule has 2 heterocycles. The van der Waals surface area contributed by atoms with Crippen molar-refractivity contribution in [1.82, 2.24) is 20.0 Å². The van der Waals surface area contributed by atoms with Crippen LogP contribution in [0.3, 0.4) is 0 Å². The molecule has 3 rings (SSSR count). The van der Waals surface area contributed by atoms with Crippen molar-refractivity contribution in [3.63, 3.8) is 0 Å². The van der Waals surface area contributed by atoms with Crippen LogP contribution in [0.5, 0.6) is 0 Å². The highest BCUT2D eigenvalue weighted by atomic mass is 19.1. The van der Waals surface area contributed by atoms with E-state index in [2.05, 4.69) is 15.3 Å². The van der Waals surface area contributed by atoms with E-state index in [-0.39, 0.29) is 11.9 Å². The molecule has 2 N–H and O–H groups in total. The fourth-order valence-electron chi connectivity index (χ4n) is 2.61. The Balaban J connectivity index is 1.83. The van der Waals surface area contributed by atoms with Gasteiger partial charge in [0.2, 0.25) is 0 Å². The van der Waals surface area contributed by atoms with Gasteiger partial charge in [0.25, 0.3) is 0 Å². The lowest BCUT2D eigenvalue weighted by atomic mass is 9.84. The minimum Gasteiger partial charge on any atom is -0.328 e. The van der Waals surface area contributed by atoms with Crippen molar-refractivity contribution < 1.29 is 4.39 Å². The molecule has 0 bridgehead atoms. The number of hydrogen-bond donors (Lipinski definition) is 1. The summed E-state index contributed by atoms with van der Waals surface area (Å²) in [5.74, 6) is -0.0201. The monoisotopic (exact) mass is 261 g/mol. The third-order valence-corrected chi connectivity index (χ3v) is 3.60. The van der Waals surface area contributed by atoms with E-state index >= 15 is 0 Å². The Morgan fingerprint density at radius 2 is 2.21 bits per heavy atom. The maximum absolute atomic E-state index is 13.1. The van der Waals surface area contributed by atoms with Crippen LogP contribution in [0.15, 0.2) is 24.7 Å². The highest BCUT2D eigenvalue weighted by molar-refractivity contribution is 5.27. The molecule has 2 aromatic rings. The summed E-state index contributed by atoms with van der Waals surface area (Å²) in [7, 11) is 0. The predicted octanol–water partition coefficient (Wildman–Crippen LogP) is 1.79. The first-order chi connectivity index (χ1) is 9.22. The van der Waals surface area contributed by atoms with E-state index in [0.29, 0.717) is 11.6 Å². The summed E-state index contributed by atoms with van der Waals surface area (Å²) in [5.41, 5.74) is 7.50. The Morgan fingerprint density at radius 1 is 1.32 bits per heavy atom. The summed E-state index contributed by atoms with van der Waals surface area (Å²) >= 11 is 0. The average Bonchev–Trinajstić information content (AvgIpc) is 2.88. The van der Waals surface area contributed by atoms with Crippen LogP contribution in [-0.4, -0.2) is 26.0 Å². The predicted molar refractivity (Wildman–Crippen MR) is 68.3 cm³/mol. The average molecular weight is 261 g/mol. The second kappa shape index (κ2) is 5.05. The summed E-state index contributed by atoms with van der Waals surface area (Å²) in [6, 6.07) is 1.64. The van der Waals surface area contributed by atoms with Gasteiger partial charge in [0.05, 0.1) is 30.0 Å². The van der Waals surface area contributed by atoms with Gasteiger partial charge >= 0.3 is 0 Å². The molecular weight excluding hydrogens is 245 g/mol. The molecule has 0 amide bonds. The van der Waals surface area contributed by atoms with Crippen molar-refractivity contribution in [2.75, 3.05) is 0 Å². The van der Waals surface area contributed by atoms with E-state index in [1.165, 1.54) is 12.3 Å². The highest BCUT2D eigenvalue weighted by Crippen LogP contribution is 2.30. The van der Waals surface area contributed by atoms with Crippen molar-refractivity contribution in [3.8, 4) is 5.69 Å². The van der Waals surface area contributed by atoms with E-state index in [1.807, 2.05) is 6.20 Å². The Kier molecular flexibility index (Phi) is 3.25. The zero-order valence-corrected chi connectivity index (χ0v) is 10.5. The SMILES string of the molecule is N[C@@H]1CCC[C@H](c2cn(-c3cncc(F)c3)nn2)C1. The van der Waals surface area contributed by atoms with E-state index in [0.717, 1.165) is 31.4 Å².